The first-order valence-corrected chi connectivity index (χ1v) is 11.6. The average Bonchev–Trinajstić information content (AvgIpc) is 3.25. The summed E-state index contributed by atoms with van der Waals surface area (Å²) in [4.78, 5) is 21.6. The largest absolute Gasteiger partial charge is 0.493 e. The minimum atomic E-state index is 0.148. The Labute approximate surface area is 200 Å². The third kappa shape index (κ3) is 4.56. The van der Waals surface area contributed by atoms with Crippen molar-refractivity contribution in [2.75, 3.05) is 14.2 Å². The van der Waals surface area contributed by atoms with Crippen LogP contribution in [0.4, 0.5) is 0 Å². The summed E-state index contributed by atoms with van der Waals surface area (Å²) in [6.45, 7) is 0. The van der Waals surface area contributed by atoms with Crippen LogP contribution >= 0.6 is 11.3 Å². The van der Waals surface area contributed by atoms with Crippen molar-refractivity contribution in [2.24, 2.45) is 0 Å². The van der Waals surface area contributed by atoms with E-state index in [9.17, 15) is 4.79 Å². The topological polar surface area (TPSA) is 70.5 Å². The Balaban J connectivity index is 1.38. The molecule has 0 N–H and O–H groups in total. The van der Waals surface area contributed by atoms with Gasteiger partial charge in [-0.1, -0.05) is 30.3 Å². The number of rotatable bonds is 8. The van der Waals surface area contributed by atoms with Crippen LogP contribution in [0.25, 0.3) is 21.1 Å². The van der Waals surface area contributed by atoms with Crippen LogP contribution in [0, 0.1) is 0 Å². The maximum Gasteiger partial charge on any atom is 0.162 e. The number of Topliss-reactive ketones (excluding diaryl/α,β-unsaturated/α-hetero) is 1. The van der Waals surface area contributed by atoms with E-state index in [2.05, 4.69) is 9.97 Å². The molecule has 5 aromatic rings. The lowest BCUT2D eigenvalue weighted by atomic mass is 10.1. The molecule has 0 aliphatic heterocycles. The van der Waals surface area contributed by atoms with E-state index in [1.54, 1.807) is 20.4 Å². The summed E-state index contributed by atoms with van der Waals surface area (Å²) in [7, 11) is 3.19. The van der Waals surface area contributed by atoms with Crippen LogP contribution in [0.2, 0.25) is 0 Å². The minimum absolute atomic E-state index is 0.148. The van der Waals surface area contributed by atoms with Gasteiger partial charge in [-0.2, -0.15) is 0 Å². The number of aromatic nitrogens is 2. The van der Waals surface area contributed by atoms with Gasteiger partial charge >= 0.3 is 0 Å². The molecule has 0 spiro atoms. The molecular weight excluding hydrogens is 448 g/mol. The summed E-state index contributed by atoms with van der Waals surface area (Å²) in [5.74, 6) is 2.71. The smallest absolute Gasteiger partial charge is 0.162 e. The highest BCUT2D eigenvalue weighted by atomic mass is 32.1. The number of ketones is 1. The number of hydrogen-bond acceptors (Lipinski definition) is 7. The minimum Gasteiger partial charge on any atom is -0.493 e. The number of ether oxygens (including phenoxy) is 3. The number of fused-ring (bicyclic) bond motifs is 2. The number of hydrogen-bond donors (Lipinski definition) is 0. The summed E-state index contributed by atoms with van der Waals surface area (Å²) in [5.41, 5.74) is 2.61. The molecule has 2 heterocycles. The highest BCUT2D eigenvalue weighted by molar-refractivity contribution is 7.18. The van der Waals surface area contributed by atoms with Crippen molar-refractivity contribution in [1.29, 1.82) is 0 Å². The van der Waals surface area contributed by atoms with E-state index in [1.165, 1.54) is 11.3 Å². The highest BCUT2D eigenvalue weighted by Crippen LogP contribution is 2.37. The average molecular weight is 471 g/mol. The fourth-order valence-corrected chi connectivity index (χ4v) is 4.83. The van der Waals surface area contributed by atoms with Gasteiger partial charge in [0.05, 0.1) is 36.4 Å². The lowest BCUT2D eigenvalue weighted by Gasteiger charge is -2.12. The number of pyridine rings is 1. The van der Waals surface area contributed by atoms with Crippen molar-refractivity contribution >= 4 is 38.2 Å². The first-order valence-electron chi connectivity index (χ1n) is 10.8. The third-order valence-corrected chi connectivity index (χ3v) is 6.45. The van der Waals surface area contributed by atoms with Crippen molar-refractivity contribution in [1.82, 2.24) is 9.97 Å². The van der Waals surface area contributed by atoms with E-state index in [0.717, 1.165) is 31.7 Å². The number of carbonyl (C=O) groups excluding carboxylic acids is 1. The molecule has 34 heavy (non-hydrogen) atoms. The van der Waals surface area contributed by atoms with Crippen molar-refractivity contribution in [3.8, 4) is 23.0 Å². The number of nitrogens with zero attached hydrogens (tertiary/aromatic N) is 2. The van der Waals surface area contributed by atoms with Crippen molar-refractivity contribution < 1.29 is 19.0 Å². The Kier molecular flexibility index (Phi) is 6.10. The van der Waals surface area contributed by atoms with Gasteiger partial charge < -0.3 is 14.2 Å². The lowest BCUT2D eigenvalue weighted by Crippen LogP contribution is -2.06. The van der Waals surface area contributed by atoms with E-state index < -0.39 is 0 Å². The Morgan fingerprint density at radius 3 is 2.44 bits per heavy atom. The standard InChI is InChI=1S/C27H22N2O4S/c1-31-24-15-20-22(16-25(24)32-2)28-11-10-23(20)33-19-8-9-21-26(14-19)34-27(29-21)13-18(30)12-17-6-4-3-5-7-17/h3-11,14-16H,12-13H2,1-2H3. The first-order chi connectivity index (χ1) is 16.6. The zero-order valence-electron chi connectivity index (χ0n) is 18.8. The second kappa shape index (κ2) is 9.49. The second-order valence-electron chi connectivity index (χ2n) is 7.75. The summed E-state index contributed by atoms with van der Waals surface area (Å²) < 4.78 is 18.0. The predicted octanol–water partition coefficient (Wildman–Crippen LogP) is 6.01. The molecule has 2 aromatic heterocycles. The summed E-state index contributed by atoms with van der Waals surface area (Å²) in [5, 5.41) is 1.62. The molecule has 0 bridgehead atoms. The molecule has 0 atom stereocenters. The van der Waals surface area contributed by atoms with Gasteiger partial charge in [-0.05, 0) is 29.8 Å². The molecule has 0 saturated carbocycles. The molecule has 170 valence electrons. The summed E-state index contributed by atoms with van der Waals surface area (Å²) >= 11 is 1.51. The maximum absolute atomic E-state index is 12.5. The van der Waals surface area contributed by atoms with Crippen LogP contribution in [-0.2, 0) is 17.6 Å². The summed E-state index contributed by atoms with van der Waals surface area (Å²) in [6.07, 6.45) is 2.43. The Bertz CT molecular complexity index is 1480. The fourth-order valence-electron chi connectivity index (χ4n) is 3.81. The van der Waals surface area contributed by atoms with Crippen LogP contribution in [-0.4, -0.2) is 30.0 Å². The zero-order chi connectivity index (χ0) is 23.5. The number of methoxy groups -OCH3 is 2. The molecule has 0 amide bonds. The van der Waals surface area contributed by atoms with Gasteiger partial charge in [0.25, 0.3) is 0 Å². The molecule has 0 saturated heterocycles. The van der Waals surface area contributed by atoms with E-state index >= 15 is 0 Å². The molecular formula is C27H22N2O4S. The number of benzene rings is 3. The number of carbonyl (C=O) groups is 1. The zero-order valence-corrected chi connectivity index (χ0v) is 19.6. The monoisotopic (exact) mass is 470 g/mol. The number of thiazole rings is 1. The molecule has 7 heteroatoms. The first kappa shape index (κ1) is 21.9. The van der Waals surface area contributed by atoms with Crippen LogP contribution in [0.5, 0.6) is 23.0 Å². The van der Waals surface area contributed by atoms with E-state index in [0.29, 0.717) is 35.8 Å². The highest BCUT2D eigenvalue weighted by Gasteiger charge is 2.13. The maximum atomic E-state index is 12.5. The van der Waals surface area contributed by atoms with Crippen molar-refractivity contribution in [3.05, 3.63) is 83.5 Å². The molecule has 5 rings (SSSR count). The van der Waals surface area contributed by atoms with Gasteiger partial charge in [-0.25, -0.2) is 4.98 Å². The molecule has 0 aliphatic rings. The predicted molar refractivity (Wildman–Crippen MR) is 133 cm³/mol. The molecule has 0 radical (unpaired) electrons. The molecule has 0 aliphatic carbocycles. The van der Waals surface area contributed by atoms with Crippen LogP contribution in [0.1, 0.15) is 10.6 Å². The van der Waals surface area contributed by atoms with E-state index in [4.69, 9.17) is 14.2 Å². The van der Waals surface area contributed by atoms with Crippen molar-refractivity contribution in [3.63, 3.8) is 0 Å². The lowest BCUT2D eigenvalue weighted by molar-refractivity contribution is -0.117. The Hall–Kier alpha value is -3.97. The quantitative estimate of drug-likeness (QED) is 0.277. The van der Waals surface area contributed by atoms with E-state index in [1.807, 2.05) is 66.7 Å². The van der Waals surface area contributed by atoms with Crippen molar-refractivity contribution in [2.45, 2.75) is 12.8 Å². The SMILES string of the molecule is COc1cc2nccc(Oc3ccc4nc(CC(=O)Cc5ccccc5)sc4c3)c2cc1OC. The van der Waals surface area contributed by atoms with Gasteiger partial charge in [0.1, 0.15) is 22.3 Å². The van der Waals surface area contributed by atoms with Gasteiger partial charge in [0, 0.05) is 30.1 Å². The summed E-state index contributed by atoms with van der Waals surface area (Å²) in [6, 6.07) is 21.0. The van der Waals surface area contributed by atoms with Crippen LogP contribution in [0.3, 0.4) is 0 Å². The normalized spacial score (nSPS) is 11.0. The van der Waals surface area contributed by atoms with Gasteiger partial charge in [-0.3, -0.25) is 9.78 Å². The van der Waals surface area contributed by atoms with Gasteiger partial charge in [-0.15, -0.1) is 11.3 Å². The third-order valence-electron chi connectivity index (χ3n) is 5.43. The Morgan fingerprint density at radius 2 is 1.65 bits per heavy atom. The Morgan fingerprint density at radius 1 is 0.853 bits per heavy atom. The van der Waals surface area contributed by atoms with Gasteiger partial charge in [0.2, 0.25) is 0 Å². The molecule has 3 aromatic carbocycles. The molecule has 0 unspecified atom stereocenters. The van der Waals surface area contributed by atoms with E-state index in [-0.39, 0.29) is 5.78 Å². The van der Waals surface area contributed by atoms with Gasteiger partial charge in [0.15, 0.2) is 11.5 Å². The van der Waals surface area contributed by atoms with Crippen LogP contribution in [0.15, 0.2) is 72.9 Å². The van der Waals surface area contributed by atoms with Crippen LogP contribution < -0.4 is 14.2 Å². The molecule has 6 nitrogen and oxygen atoms in total. The molecule has 0 fully saturated rings. The fraction of sp³-hybridized carbons (Fsp3) is 0.148. The second-order valence-corrected chi connectivity index (χ2v) is 8.87.